The number of rotatable bonds is 8. The molecule has 110 valence electrons. The maximum atomic E-state index is 12.1. The highest BCUT2D eigenvalue weighted by Gasteiger charge is 2.19. The molecule has 0 saturated heterocycles. The molecule has 20 heavy (non-hydrogen) atoms. The number of benzene rings is 1. The zero-order valence-corrected chi connectivity index (χ0v) is 13.1. The van der Waals surface area contributed by atoms with E-state index in [1.54, 1.807) is 13.0 Å². The number of nitrogens with two attached hydrogens (primary N) is 1. The first-order valence-corrected chi connectivity index (χ1v) is 8.92. The fourth-order valence-electron chi connectivity index (χ4n) is 1.67. The summed E-state index contributed by atoms with van der Waals surface area (Å²) >= 11 is 1.43. The second kappa shape index (κ2) is 8.15. The van der Waals surface area contributed by atoms with Crippen molar-refractivity contribution in [3.63, 3.8) is 0 Å². The average Bonchev–Trinajstić information content (AvgIpc) is 2.41. The van der Waals surface area contributed by atoms with Crippen LogP contribution in [0.4, 0.5) is 5.69 Å². The molecule has 0 unspecified atom stereocenters. The van der Waals surface area contributed by atoms with Gasteiger partial charge in [0.25, 0.3) is 0 Å². The summed E-state index contributed by atoms with van der Waals surface area (Å²) < 4.78 is 25.6. The number of nitrogens with zero attached hydrogens (tertiary/aromatic N) is 2. The van der Waals surface area contributed by atoms with Gasteiger partial charge in [-0.3, -0.25) is 0 Å². The zero-order chi connectivity index (χ0) is 15.0. The van der Waals surface area contributed by atoms with Gasteiger partial charge in [-0.1, -0.05) is 19.1 Å². The highest BCUT2D eigenvalue weighted by atomic mass is 32.2. The lowest BCUT2D eigenvalue weighted by atomic mass is 10.3. The molecular weight excluding hydrogens is 294 g/mol. The summed E-state index contributed by atoms with van der Waals surface area (Å²) in [4.78, 5) is 0.891. The molecule has 1 aromatic rings. The zero-order valence-electron chi connectivity index (χ0n) is 11.4. The quantitative estimate of drug-likeness (QED) is 0.585. The van der Waals surface area contributed by atoms with Crippen LogP contribution in [0.15, 0.2) is 29.2 Å². The van der Waals surface area contributed by atoms with Gasteiger partial charge in [-0.15, -0.1) is 11.8 Å². The molecular formula is C13H19N3O2S2. The summed E-state index contributed by atoms with van der Waals surface area (Å²) in [6, 6.07) is 9.35. The molecule has 0 bridgehead atoms. The Hall–Kier alpha value is -1.23. The van der Waals surface area contributed by atoms with Crippen molar-refractivity contribution < 1.29 is 8.42 Å². The number of sulfonamides is 1. The SMILES string of the molecule is CCN(CCC#N)S(=O)(=O)CCSc1ccccc1N. The van der Waals surface area contributed by atoms with E-state index in [-0.39, 0.29) is 18.7 Å². The highest BCUT2D eigenvalue weighted by Crippen LogP contribution is 2.24. The number of hydrogen-bond acceptors (Lipinski definition) is 5. The third kappa shape index (κ3) is 5.04. The van der Waals surface area contributed by atoms with Gasteiger partial charge in [-0.05, 0) is 12.1 Å². The van der Waals surface area contributed by atoms with Crippen LogP contribution in [0.25, 0.3) is 0 Å². The van der Waals surface area contributed by atoms with E-state index in [1.807, 2.05) is 24.3 Å². The smallest absolute Gasteiger partial charge is 0.214 e. The number of nitrogen functional groups attached to an aromatic ring is 1. The Morgan fingerprint density at radius 3 is 2.70 bits per heavy atom. The Labute approximate surface area is 124 Å². The average molecular weight is 313 g/mol. The molecule has 2 N–H and O–H groups in total. The minimum atomic E-state index is -3.31. The summed E-state index contributed by atoms with van der Waals surface area (Å²) in [7, 11) is -3.31. The van der Waals surface area contributed by atoms with Crippen molar-refractivity contribution in [3.05, 3.63) is 24.3 Å². The molecule has 0 saturated carbocycles. The maximum Gasteiger partial charge on any atom is 0.214 e. The lowest BCUT2D eigenvalue weighted by Gasteiger charge is -2.19. The van der Waals surface area contributed by atoms with Crippen molar-refractivity contribution in [3.8, 4) is 6.07 Å². The van der Waals surface area contributed by atoms with Crippen molar-refractivity contribution in [2.24, 2.45) is 0 Å². The third-order valence-corrected chi connectivity index (χ3v) is 6.03. The van der Waals surface area contributed by atoms with Crippen LogP contribution in [0.3, 0.4) is 0 Å². The molecule has 0 aliphatic rings. The van der Waals surface area contributed by atoms with Crippen LogP contribution >= 0.6 is 11.8 Å². The molecule has 5 nitrogen and oxygen atoms in total. The first-order valence-electron chi connectivity index (χ1n) is 6.33. The van der Waals surface area contributed by atoms with Crippen LogP contribution in [-0.2, 0) is 10.0 Å². The van der Waals surface area contributed by atoms with Crippen molar-refractivity contribution in [2.75, 3.05) is 30.3 Å². The van der Waals surface area contributed by atoms with E-state index in [0.29, 0.717) is 18.0 Å². The third-order valence-electron chi connectivity index (χ3n) is 2.74. The molecule has 7 heteroatoms. The van der Waals surface area contributed by atoms with E-state index in [2.05, 4.69) is 0 Å². The van der Waals surface area contributed by atoms with Gasteiger partial charge in [0, 0.05) is 35.8 Å². The van der Waals surface area contributed by atoms with Crippen LogP contribution in [0, 0.1) is 11.3 Å². The molecule has 0 amide bonds. The lowest BCUT2D eigenvalue weighted by molar-refractivity contribution is 0.436. The molecule has 0 heterocycles. The van der Waals surface area contributed by atoms with Crippen LogP contribution in [0.1, 0.15) is 13.3 Å². The van der Waals surface area contributed by atoms with E-state index in [4.69, 9.17) is 11.0 Å². The summed E-state index contributed by atoms with van der Waals surface area (Å²) in [5.74, 6) is 0.491. The van der Waals surface area contributed by atoms with Gasteiger partial charge in [0.2, 0.25) is 10.0 Å². The Morgan fingerprint density at radius 1 is 1.40 bits per heavy atom. The van der Waals surface area contributed by atoms with Crippen molar-refractivity contribution in [1.29, 1.82) is 5.26 Å². The Balaban J connectivity index is 2.55. The molecule has 1 rings (SSSR count). The van der Waals surface area contributed by atoms with Gasteiger partial charge >= 0.3 is 0 Å². The molecule has 0 aliphatic carbocycles. The predicted octanol–water partition coefficient (Wildman–Crippen LogP) is 1.93. The Kier molecular flexibility index (Phi) is 6.85. The Bertz CT molecular complexity index is 567. The van der Waals surface area contributed by atoms with Gasteiger partial charge in [0.05, 0.1) is 11.8 Å². The minimum Gasteiger partial charge on any atom is -0.398 e. The Morgan fingerprint density at radius 2 is 2.10 bits per heavy atom. The molecule has 0 spiro atoms. The fourth-order valence-corrected chi connectivity index (χ4v) is 4.49. The summed E-state index contributed by atoms with van der Waals surface area (Å²) in [6.45, 7) is 2.42. The monoisotopic (exact) mass is 313 g/mol. The molecule has 0 aromatic heterocycles. The van der Waals surface area contributed by atoms with E-state index < -0.39 is 10.0 Å². The largest absolute Gasteiger partial charge is 0.398 e. The van der Waals surface area contributed by atoms with Crippen LogP contribution in [0.2, 0.25) is 0 Å². The number of thioether (sulfide) groups is 1. The minimum absolute atomic E-state index is 0.0469. The standard InChI is InChI=1S/C13H19N3O2S2/c1-2-16(9-5-8-14)20(17,18)11-10-19-13-7-4-3-6-12(13)15/h3-4,6-7H,2,5,9-11,15H2,1H3. The van der Waals surface area contributed by atoms with Crippen LogP contribution in [0.5, 0.6) is 0 Å². The summed E-state index contributed by atoms with van der Waals surface area (Å²) in [5.41, 5.74) is 6.46. The van der Waals surface area contributed by atoms with Crippen molar-refractivity contribution in [2.45, 2.75) is 18.2 Å². The number of anilines is 1. The molecule has 0 radical (unpaired) electrons. The molecule has 1 aromatic carbocycles. The predicted molar refractivity (Wildman–Crippen MR) is 82.8 cm³/mol. The second-order valence-electron chi connectivity index (χ2n) is 4.10. The number of para-hydroxylation sites is 1. The first kappa shape index (κ1) is 16.8. The van der Waals surface area contributed by atoms with E-state index in [0.717, 1.165) is 4.90 Å². The number of nitriles is 1. The van der Waals surface area contributed by atoms with Crippen molar-refractivity contribution >= 4 is 27.5 Å². The van der Waals surface area contributed by atoms with Gasteiger partial charge < -0.3 is 5.73 Å². The summed E-state index contributed by atoms with van der Waals surface area (Å²) in [5, 5.41) is 8.54. The fraction of sp³-hybridized carbons (Fsp3) is 0.462. The topological polar surface area (TPSA) is 87.2 Å². The van der Waals surface area contributed by atoms with E-state index in [9.17, 15) is 8.42 Å². The van der Waals surface area contributed by atoms with Gasteiger partial charge in [-0.25, -0.2) is 12.7 Å². The lowest BCUT2D eigenvalue weighted by Crippen LogP contribution is -2.34. The van der Waals surface area contributed by atoms with Crippen molar-refractivity contribution in [1.82, 2.24) is 4.31 Å². The maximum absolute atomic E-state index is 12.1. The van der Waals surface area contributed by atoms with E-state index in [1.165, 1.54) is 16.1 Å². The number of hydrogen-bond donors (Lipinski definition) is 1. The normalized spacial score (nSPS) is 11.4. The van der Waals surface area contributed by atoms with Gasteiger partial charge in [0.1, 0.15) is 0 Å². The van der Waals surface area contributed by atoms with E-state index >= 15 is 0 Å². The van der Waals surface area contributed by atoms with Crippen LogP contribution < -0.4 is 5.73 Å². The van der Waals surface area contributed by atoms with Gasteiger partial charge in [0.15, 0.2) is 0 Å². The van der Waals surface area contributed by atoms with Crippen LogP contribution in [-0.4, -0.2) is 37.3 Å². The summed E-state index contributed by atoms with van der Waals surface area (Å²) in [6.07, 6.45) is 0.214. The second-order valence-corrected chi connectivity index (χ2v) is 7.33. The van der Waals surface area contributed by atoms with Gasteiger partial charge in [-0.2, -0.15) is 5.26 Å². The molecule has 0 fully saturated rings. The molecule has 0 aliphatic heterocycles. The highest BCUT2D eigenvalue weighted by molar-refractivity contribution is 8.00. The first-order chi connectivity index (χ1) is 9.51. The molecule has 0 atom stereocenters.